The third-order valence-corrected chi connectivity index (χ3v) is 8.22. The average Bonchev–Trinajstić information content (AvgIpc) is 3.55. The fraction of sp³-hybridized carbons (Fsp3) is 0.485. The zero-order valence-electron chi connectivity index (χ0n) is 25.5. The van der Waals surface area contributed by atoms with Crippen molar-refractivity contribution in [1.29, 1.82) is 0 Å². The second-order valence-electron chi connectivity index (χ2n) is 12.5. The molecule has 0 bridgehead atoms. The molecular weight excluding hydrogens is 562 g/mol. The van der Waals surface area contributed by atoms with E-state index in [0.717, 1.165) is 60.8 Å². The van der Waals surface area contributed by atoms with Gasteiger partial charge in [0.2, 0.25) is 5.89 Å². The maximum atomic E-state index is 13.4. The number of carbonyl (C=O) groups is 1. The van der Waals surface area contributed by atoms with Gasteiger partial charge < -0.3 is 23.2 Å². The topological polar surface area (TPSA) is 122 Å². The van der Waals surface area contributed by atoms with E-state index in [1.54, 1.807) is 35.3 Å². The molecule has 11 heteroatoms. The lowest BCUT2D eigenvalue weighted by Crippen LogP contribution is -2.44. The predicted octanol–water partition coefficient (Wildman–Crippen LogP) is 5.99. The van der Waals surface area contributed by atoms with Crippen LogP contribution in [0.3, 0.4) is 0 Å². The fourth-order valence-corrected chi connectivity index (χ4v) is 6.08. The van der Waals surface area contributed by atoms with E-state index < -0.39 is 5.60 Å². The second-order valence-corrected chi connectivity index (χ2v) is 12.5. The molecule has 4 aromatic rings. The van der Waals surface area contributed by atoms with E-state index in [4.69, 9.17) is 18.6 Å². The molecule has 11 nitrogen and oxygen atoms in total. The van der Waals surface area contributed by atoms with Crippen molar-refractivity contribution in [3.05, 3.63) is 65.2 Å². The molecule has 5 heterocycles. The van der Waals surface area contributed by atoms with Crippen molar-refractivity contribution < 1.29 is 23.4 Å². The first-order chi connectivity index (χ1) is 21.2. The van der Waals surface area contributed by atoms with Crippen LogP contribution in [0.4, 0.5) is 4.79 Å². The zero-order chi connectivity index (χ0) is 30.7. The molecule has 0 spiro atoms. The molecule has 232 valence electrons. The summed E-state index contributed by atoms with van der Waals surface area (Å²) in [6, 6.07) is 7.16. The number of pyridine rings is 3. The lowest BCUT2D eigenvalue weighted by molar-refractivity contribution is 0.00739. The van der Waals surface area contributed by atoms with Gasteiger partial charge in [-0.05, 0) is 77.3 Å². The molecule has 0 radical (unpaired) electrons. The summed E-state index contributed by atoms with van der Waals surface area (Å²) in [5, 5.41) is 0. The van der Waals surface area contributed by atoms with Crippen molar-refractivity contribution in [1.82, 2.24) is 24.4 Å². The molecule has 0 aromatic carbocycles. The number of hydrogen-bond donors (Lipinski definition) is 0. The Morgan fingerprint density at radius 1 is 1.02 bits per heavy atom. The van der Waals surface area contributed by atoms with Crippen LogP contribution in [0.5, 0.6) is 11.5 Å². The minimum Gasteiger partial charge on any atom is -0.486 e. The Hall–Kier alpha value is -4.41. The van der Waals surface area contributed by atoms with Gasteiger partial charge in [-0.1, -0.05) is 0 Å². The number of aryl methyl sites for hydroxylation is 1. The van der Waals surface area contributed by atoms with E-state index >= 15 is 0 Å². The molecule has 0 unspecified atom stereocenters. The van der Waals surface area contributed by atoms with Gasteiger partial charge in [0.1, 0.15) is 25.1 Å². The van der Waals surface area contributed by atoms with Crippen LogP contribution in [0.15, 0.2) is 58.3 Å². The van der Waals surface area contributed by atoms with Crippen LogP contribution < -0.4 is 15.0 Å². The predicted molar refractivity (Wildman–Crippen MR) is 163 cm³/mol. The Morgan fingerprint density at radius 3 is 2.57 bits per heavy atom. The number of aromatic nitrogens is 4. The lowest BCUT2D eigenvalue weighted by Gasteiger charge is -2.37. The molecule has 1 aliphatic carbocycles. The molecule has 0 N–H and O–H groups in total. The number of rotatable bonds is 8. The second kappa shape index (κ2) is 12.7. The van der Waals surface area contributed by atoms with Gasteiger partial charge >= 0.3 is 6.09 Å². The molecule has 2 aliphatic rings. The van der Waals surface area contributed by atoms with E-state index in [0.29, 0.717) is 49.6 Å². The van der Waals surface area contributed by atoms with E-state index in [1.807, 2.05) is 37.8 Å². The van der Waals surface area contributed by atoms with E-state index in [2.05, 4.69) is 15.0 Å². The molecule has 1 aliphatic heterocycles. The molecule has 44 heavy (non-hydrogen) atoms. The van der Waals surface area contributed by atoms with Crippen molar-refractivity contribution in [3.8, 4) is 23.0 Å². The van der Waals surface area contributed by atoms with Gasteiger partial charge in [0.05, 0.1) is 41.2 Å². The van der Waals surface area contributed by atoms with Gasteiger partial charge in [0, 0.05) is 30.9 Å². The molecule has 0 saturated heterocycles. The Balaban J connectivity index is 1.09. The van der Waals surface area contributed by atoms with Crippen LogP contribution >= 0.6 is 0 Å². The number of ether oxygens (including phenoxy) is 3. The normalized spacial score (nSPS) is 18.2. The highest BCUT2D eigenvalue weighted by Gasteiger charge is 2.32. The summed E-state index contributed by atoms with van der Waals surface area (Å²) in [6.07, 6.45) is 11.8. The highest BCUT2D eigenvalue weighted by atomic mass is 16.6. The maximum absolute atomic E-state index is 13.4. The van der Waals surface area contributed by atoms with Gasteiger partial charge in [0.25, 0.3) is 5.56 Å². The molecule has 6 rings (SSSR count). The fourth-order valence-electron chi connectivity index (χ4n) is 6.08. The highest BCUT2D eigenvalue weighted by molar-refractivity contribution is 5.78. The van der Waals surface area contributed by atoms with Crippen molar-refractivity contribution >= 4 is 17.1 Å². The van der Waals surface area contributed by atoms with Gasteiger partial charge in [-0.3, -0.25) is 19.7 Å². The van der Waals surface area contributed by atoms with Crippen molar-refractivity contribution in [2.24, 2.45) is 5.92 Å². The standard InChI is InChI=1S/C33H39N5O6/c1-33(2,3)44-32(40)38(21-24-18-28-29(20-35-24)42-16-15-41-28)25-8-6-22(7-9-25)5-4-13-37-27-17-23(31-34-12-14-43-31)19-36-26(27)10-11-30(37)39/h10-12,14,17-20,22,25H,4-9,13,15-16,21H2,1-3H3. The average molecular weight is 602 g/mol. The number of amides is 1. The van der Waals surface area contributed by atoms with Crippen LogP contribution in [0.1, 0.15) is 65.0 Å². The summed E-state index contributed by atoms with van der Waals surface area (Å²) in [5.74, 6) is 2.28. The molecule has 1 saturated carbocycles. The first-order valence-corrected chi connectivity index (χ1v) is 15.4. The van der Waals surface area contributed by atoms with Crippen LogP contribution in [-0.2, 0) is 17.8 Å². The van der Waals surface area contributed by atoms with Crippen LogP contribution in [-0.4, -0.2) is 55.4 Å². The molecule has 0 atom stereocenters. The Labute approximate surface area is 256 Å². The quantitative estimate of drug-likeness (QED) is 0.240. The summed E-state index contributed by atoms with van der Waals surface area (Å²) >= 11 is 0. The summed E-state index contributed by atoms with van der Waals surface area (Å²) in [6.45, 7) is 7.59. The Bertz CT molecular complexity index is 1650. The van der Waals surface area contributed by atoms with Crippen LogP contribution in [0.25, 0.3) is 22.5 Å². The SMILES string of the molecule is CC(C)(C)OC(=O)N(Cc1cc2c(cn1)OCCO2)C1CCC(CCCn2c(=O)ccc3ncc(-c4ncco4)cc32)CC1. The smallest absolute Gasteiger partial charge is 0.410 e. The highest BCUT2D eigenvalue weighted by Crippen LogP contribution is 2.34. The number of oxazole rings is 1. The van der Waals surface area contributed by atoms with E-state index in [9.17, 15) is 9.59 Å². The van der Waals surface area contributed by atoms with Crippen molar-refractivity contribution in [2.75, 3.05) is 13.2 Å². The third-order valence-electron chi connectivity index (χ3n) is 8.22. The van der Waals surface area contributed by atoms with Gasteiger partial charge in [-0.25, -0.2) is 9.78 Å². The van der Waals surface area contributed by atoms with E-state index in [1.165, 1.54) is 6.26 Å². The summed E-state index contributed by atoms with van der Waals surface area (Å²) in [5.41, 5.74) is 2.36. The van der Waals surface area contributed by atoms with Crippen molar-refractivity contribution in [2.45, 2.75) is 84.0 Å². The largest absolute Gasteiger partial charge is 0.486 e. The molecule has 1 amide bonds. The number of carbonyl (C=O) groups excluding carboxylic acids is 1. The summed E-state index contributed by atoms with van der Waals surface area (Å²) in [4.78, 5) is 41.3. The number of hydrogen-bond acceptors (Lipinski definition) is 9. The van der Waals surface area contributed by atoms with Gasteiger partial charge in [0.15, 0.2) is 11.5 Å². The Morgan fingerprint density at radius 2 is 1.82 bits per heavy atom. The third kappa shape index (κ3) is 6.87. The number of fused-ring (bicyclic) bond motifs is 2. The summed E-state index contributed by atoms with van der Waals surface area (Å²) < 4.78 is 24.4. The summed E-state index contributed by atoms with van der Waals surface area (Å²) in [7, 11) is 0. The zero-order valence-corrected chi connectivity index (χ0v) is 25.5. The monoisotopic (exact) mass is 601 g/mol. The first kappa shape index (κ1) is 29.7. The molecular formula is C33H39N5O6. The minimum atomic E-state index is -0.600. The molecule has 1 fully saturated rings. The van der Waals surface area contributed by atoms with Crippen LogP contribution in [0.2, 0.25) is 0 Å². The maximum Gasteiger partial charge on any atom is 0.410 e. The van der Waals surface area contributed by atoms with Gasteiger partial charge in [-0.15, -0.1) is 0 Å². The number of nitrogens with zero attached hydrogens (tertiary/aromatic N) is 5. The minimum absolute atomic E-state index is 0.0479. The van der Waals surface area contributed by atoms with E-state index in [-0.39, 0.29) is 17.7 Å². The lowest BCUT2D eigenvalue weighted by atomic mass is 9.83. The van der Waals surface area contributed by atoms with Crippen molar-refractivity contribution in [3.63, 3.8) is 0 Å². The van der Waals surface area contributed by atoms with Crippen LogP contribution in [0, 0.1) is 5.92 Å². The van der Waals surface area contributed by atoms with Gasteiger partial charge in [-0.2, -0.15) is 0 Å². The Kier molecular flexibility index (Phi) is 8.54. The first-order valence-electron chi connectivity index (χ1n) is 15.4. The molecule has 4 aromatic heterocycles.